The van der Waals surface area contributed by atoms with E-state index in [4.69, 9.17) is 18.9 Å². The van der Waals surface area contributed by atoms with E-state index in [1.54, 1.807) is 13.0 Å². The van der Waals surface area contributed by atoms with Gasteiger partial charge in [0, 0.05) is 12.5 Å². The van der Waals surface area contributed by atoms with Crippen molar-refractivity contribution in [2.24, 2.45) is 5.92 Å². The number of hydrogen-bond acceptors (Lipinski definition) is 10. The molecular formula is C22H28O10. The highest BCUT2D eigenvalue weighted by molar-refractivity contribution is 5.93. The van der Waals surface area contributed by atoms with Crippen molar-refractivity contribution < 1.29 is 48.3 Å². The van der Waals surface area contributed by atoms with Crippen molar-refractivity contribution >= 4 is 23.9 Å². The summed E-state index contributed by atoms with van der Waals surface area (Å²) in [5, 5.41) is 19.5. The lowest BCUT2D eigenvalue weighted by molar-refractivity contribution is -0.186. The van der Waals surface area contributed by atoms with Crippen LogP contribution in [0.4, 0.5) is 0 Å². The Labute approximate surface area is 185 Å². The van der Waals surface area contributed by atoms with Gasteiger partial charge in [-0.15, -0.1) is 0 Å². The summed E-state index contributed by atoms with van der Waals surface area (Å²) in [7, 11) is 1.14. The maximum Gasteiger partial charge on any atom is 0.340 e. The molecule has 2 N–H and O–H groups in total. The molecule has 2 aliphatic rings. The quantitative estimate of drug-likeness (QED) is 0.262. The first-order chi connectivity index (χ1) is 14.9. The number of allylic oxidation sites excluding steroid dienone is 2. The largest absolute Gasteiger partial charge is 0.466 e. The molecule has 0 aromatic rings. The van der Waals surface area contributed by atoms with Gasteiger partial charge in [-0.3, -0.25) is 4.79 Å². The summed E-state index contributed by atoms with van der Waals surface area (Å²) in [6, 6.07) is 0. The molecule has 10 heteroatoms. The average molecular weight is 452 g/mol. The number of carbonyl (C=O) groups excluding carboxylic acids is 4. The van der Waals surface area contributed by atoms with Gasteiger partial charge in [0.1, 0.15) is 6.10 Å². The molecule has 5 atom stereocenters. The zero-order chi connectivity index (χ0) is 24.2. The van der Waals surface area contributed by atoms with Crippen molar-refractivity contribution in [3.63, 3.8) is 0 Å². The first-order valence-electron chi connectivity index (χ1n) is 10.00. The normalized spacial score (nSPS) is 30.9. The Kier molecular flexibility index (Phi) is 7.97. The number of hydrogen-bond donors (Lipinski definition) is 2. The van der Waals surface area contributed by atoms with Gasteiger partial charge in [0.15, 0.2) is 17.8 Å². The van der Waals surface area contributed by atoms with E-state index in [1.807, 2.05) is 0 Å². The highest BCUT2D eigenvalue weighted by Crippen LogP contribution is 2.38. The molecule has 1 saturated heterocycles. The molecular weight excluding hydrogens is 424 g/mol. The highest BCUT2D eigenvalue weighted by atomic mass is 16.6. The number of ether oxygens (including phenoxy) is 4. The Hall–Kier alpha value is -2.98. The van der Waals surface area contributed by atoms with Gasteiger partial charge in [0.25, 0.3) is 0 Å². The fourth-order valence-corrected chi connectivity index (χ4v) is 3.51. The van der Waals surface area contributed by atoms with Crippen molar-refractivity contribution in [1.29, 1.82) is 0 Å². The van der Waals surface area contributed by atoms with Gasteiger partial charge < -0.3 is 29.2 Å². The smallest absolute Gasteiger partial charge is 0.340 e. The fourth-order valence-electron chi connectivity index (χ4n) is 3.51. The molecule has 0 amide bonds. The molecule has 1 aliphatic heterocycles. The molecule has 1 heterocycles. The molecule has 1 aliphatic carbocycles. The lowest BCUT2D eigenvalue weighted by Crippen LogP contribution is -2.50. The number of aliphatic hydroxyl groups is 2. The topological polar surface area (TPSA) is 146 Å². The van der Waals surface area contributed by atoms with Gasteiger partial charge in [-0.1, -0.05) is 18.2 Å². The second kappa shape index (κ2) is 10.1. The lowest BCUT2D eigenvalue weighted by atomic mass is 9.83. The number of rotatable bonds is 5. The third-order valence-corrected chi connectivity index (χ3v) is 5.28. The van der Waals surface area contributed by atoms with Crippen molar-refractivity contribution in [1.82, 2.24) is 0 Å². The Bertz CT molecular complexity index is 866. The van der Waals surface area contributed by atoms with Gasteiger partial charge in [0.2, 0.25) is 0 Å². The monoisotopic (exact) mass is 452 g/mol. The van der Waals surface area contributed by atoms with Crippen LogP contribution in [0.15, 0.2) is 35.5 Å². The summed E-state index contributed by atoms with van der Waals surface area (Å²) >= 11 is 0. The zero-order valence-corrected chi connectivity index (χ0v) is 18.5. The summed E-state index contributed by atoms with van der Waals surface area (Å²) in [6.07, 6.45) is 0.110. The molecule has 1 fully saturated rings. The SMILES string of the molecule is C=C1C(=O)O[C@@H]2/C=C(\C)CC/C=C(/C(=O)OC)[C@H](OC(C)=O)[C@@H](OC(=O)[C@@](C)(O)CO)[C@@H]12. The number of fused-ring (bicyclic) bond motifs is 1. The van der Waals surface area contributed by atoms with Gasteiger partial charge in [-0.25, -0.2) is 14.4 Å². The fraction of sp³-hybridized carbons (Fsp3) is 0.545. The summed E-state index contributed by atoms with van der Waals surface area (Å²) < 4.78 is 21.1. The minimum Gasteiger partial charge on any atom is -0.466 e. The molecule has 0 radical (unpaired) electrons. The molecule has 0 aromatic carbocycles. The zero-order valence-electron chi connectivity index (χ0n) is 18.5. The van der Waals surface area contributed by atoms with Crippen LogP contribution in [0.25, 0.3) is 0 Å². The summed E-state index contributed by atoms with van der Waals surface area (Å²) in [6.45, 7) is 6.71. The molecule has 2 rings (SSSR count). The van der Waals surface area contributed by atoms with Crippen LogP contribution >= 0.6 is 0 Å². The van der Waals surface area contributed by atoms with E-state index >= 15 is 0 Å². The molecule has 0 saturated carbocycles. The Morgan fingerprint density at radius 3 is 2.53 bits per heavy atom. The van der Waals surface area contributed by atoms with Gasteiger partial charge in [-0.2, -0.15) is 0 Å². The van der Waals surface area contributed by atoms with Crippen molar-refractivity contribution in [3.8, 4) is 0 Å². The average Bonchev–Trinajstić information content (AvgIpc) is 2.99. The minimum atomic E-state index is -2.29. The Morgan fingerprint density at radius 1 is 1.31 bits per heavy atom. The summed E-state index contributed by atoms with van der Waals surface area (Å²) in [5.41, 5.74) is -1.63. The van der Waals surface area contributed by atoms with E-state index in [0.29, 0.717) is 12.8 Å². The first-order valence-corrected chi connectivity index (χ1v) is 10.00. The Balaban J connectivity index is 2.71. The molecule has 0 unspecified atom stereocenters. The number of carbonyl (C=O) groups is 4. The van der Waals surface area contributed by atoms with E-state index < -0.39 is 60.3 Å². The highest BCUT2D eigenvalue weighted by Gasteiger charge is 2.51. The molecule has 0 spiro atoms. The van der Waals surface area contributed by atoms with Crippen molar-refractivity contribution in [2.75, 3.05) is 13.7 Å². The number of esters is 4. The van der Waals surface area contributed by atoms with Crippen molar-refractivity contribution in [2.45, 2.75) is 57.5 Å². The maximum atomic E-state index is 12.7. The summed E-state index contributed by atoms with van der Waals surface area (Å²) in [4.78, 5) is 49.5. The Morgan fingerprint density at radius 2 is 1.97 bits per heavy atom. The maximum absolute atomic E-state index is 12.7. The van der Waals surface area contributed by atoms with E-state index in [2.05, 4.69) is 6.58 Å². The number of aliphatic hydroxyl groups excluding tert-OH is 1. The molecule has 0 aromatic heterocycles. The summed E-state index contributed by atoms with van der Waals surface area (Å²) in [5.74, 6) is -4.68. The van der Waals surface area contributed by atoms with Crippen LogP contribution < -0.4 is 0 Å². The van der Waals surface area contributed by atoms with Gasteiger partial charge >= 0.3 is 23.9 Å². The molecule has 0 bridgehead atoms. The van der Waals surface area contributed by atoms with Crippen LogP contribution in [0.3, 0.4) is 0 Å². The molecule has 176 valence electrons. The predicted molar refractivity (Wildman–Crippen MR) is 109 cm³/mol. The van der Waals surface area contributed by atoms with Crippen LogP contribution in [-0.2, 0) is 38.1 Å². The van der Waals surface area contributed by atoms with Crippen LogP contribution in [-0.4, -0.2) is 71.7 Å². The van der Waals surface area contributed by atoms with Crippen LogP contribution in [0, 0.1) is 5.92 Å². The second-order valence-electron chi connectivity index (χ2n) is 7.96. The van der Waals surface area contributed by atoms with Crippen LogP contribution in [0.2, 0.25) is 0 Å². The van der Waals surface area contributed by atoms with E-state index in [0.717, 1.165) is 26.5 Å². The number of methoxy groups -OCH3 is 1. The third-order valence-electron chi connectivity index (χ3n) is 5.28. The van der Waals surface area contributed by atoms with Crippen molar-refractivity contribution in [3.05, 3.63) is 35.5 Å². The first kappa shape index (κ1) is 25.3. The minimum absolute atomic E-state index is 0.0672. The third kappa shape index (κ3) is 5.43. The molecule has 32 heavy (non-hydrogen) atoms. The van der Waals surface area contributed by atoms with E-state index in [1.165, 1.54) is 6.08 Å². The van der Waals surface area contributed by atoms with Gasteiger partial charge in [0.05, 0.1) is 25.2 Å². The predicted octanol–water partition coefficient (Wildman–Crippen LogP) is 0.511. The van der Waals surface area contributed by atoms with E-state index in [-0.39, 0.29) is 11.1 Å². The molecule has 10 nitrogen and oxygen atoms in total. The van der Waals surface area contributed by atoms with E-state index in [9.17, 15) is 29.4 Å². The second-order valence-corrected chi connectivity index (χ2v) is 7.96. The van der Waals surface area contributed by atoms with Crippen LogP contribution in [0.1, 0.15) is 33.6 Å². The van der Waals surface area contributed by atoms with Gasteiger partial charge in [-0.05, 0) is 32.8 Å². The van der Waals surface area contributed by atoms with Crippen LogP contribution in [0.5, 0.6) is 0 Å². The lowest BCUT2D eigenvalue weighted by Gasteiger charge is -2.34. The standard InChI is InChI=1S/C22H28O10/c1-11-7-6-8-14(20(26)29-5)17(30-13(3)24)18(32-21(27)22(4,28)10-23)16-12(2)19(25)31-15(16)9-11/h8-9,15-18,23,28H,2,6-7,10H2,1,3-5H3/b11-9+,14-8+/t15-,16+,17+,18+,22+/m1/s1.